The summed E-state index contributed by atoms with van der Waals surface area (Å²) in [6.07, 6.45) is 1.14. The van der Waals surface area contributed by atoms with E-state index in [9.17, 15) is 14.7 Å². The Morgan fingerprint density at radius 1 is 1.69 bits per heavy atom. The average molecular weight is 228 g/mol. The predicted molar refractivity (Wildman–Crippen MR) is 59.4 cm³/mol. The number of nitrogens with zero attached hydrogens (tertiary/aromatic N) is 1. The molecule has 0 aliphatic carbocycles. The monoisotopic (exact) mass is 228 g/mol. The van der Waals surface area contributed by atoms with Gasteiger partial charge in [-0.1, -0.05) is 6.92 Å². The molecule has 0 saturated carbocycles. The quantitative estimate of drug-likeness (QED) is 0.687. The second kappa shape index (κ2) is 5.30. The van der Waals surface area contributed by atoms with E-state index in [1.165, 1.54) is 0 Å². The lowest BCUT2D eigenvalue weighted by Crippen LogP contribution is -2.45. The summed E-state index contributed by atoms with van der Waals surface area (Å²) in [5.74, 6) is -0.342. The zero-order valence-electron chi connectivity index (χ0n) is 9.85. The van der Waals surface area contributed by atoms with Gasteiger partial charge in [0.1, 0.15) is 6.04 Å². The van der Waals surface area contributed by atoms with Gasteiger partial charge in [0.05, 0.1) is 6.10 Å². The van der Waals surface area contributed by atoms with Crippen molar-refractivity contribution in [1.82, 2.24) is 4.90 Å². The number of aliphatic hydroxyl groups is 1. The molecule has 5 nitrogen and oxygen atoms in total. The van der Waals surface area contributed by atoms with Crippen molar-refractivity contribution in [3.05, 3.63) is 0 Å². The Hall–Kier alpha value is -1.10. The van der Waals surface area contributed by atoms with Gasteiger partial charge in [-0.05, 0) is 25.7 Å². The van der Waals surface area contributed by atoms with E-state index < -0.39 is 18.1 Å². The zero-order valence-corrected chi connectivity index (χ0v) is 9.85. The molecule has 0 radical (unpaired) electrons. The van der Waals surface area contributed by atoms with Crippen molar-refractivity contribution < 1.29 is 14.7 Å². The van der Waals surface area contributed by atoms with Gasteiger partial charge in [0, 0.05) is 13.0 Å². The molecule has 2 amide bonds. The van der Waals surface area contributed by atoms with E-state index in [2.05, 4.69) is 0 Å². The van der Waals surface area contributed by atoms with Crippen molar-refractivity contribution in [2.45, 2.75) is 45.3 Å². The number of carbonyl (C=O) groups is 2. The highest BCUT2D eigenvalue weighted by Crippen LogP contribution is 2.24. The molecule has 0 aromatic rings. The molecular formula is C11H20N2O3. The topological polar surface area (TPSA) is 83.6 Å². The Balaban J connectivity index is 2.63. The number of carbonyl (C=O) groups excluding carboxylic acids is 2. The minimum absolute atomic E-state index is 0.0312. The van der Waals surface area contributed by atoms with Crippen LogP contribution < -0.4 is 5.73 Å². The first kappa shape index (κ1) is 13.0. The fourth-order valence-corrected chi connectivity index (χ4v) is 2.33. The Labute approximate surface area is 95.6 Å². The zero-order chi connectivity index (χ0) is 12.3. The molecule has 3 N–H and O–H groups in total. The van der Waals surface area contributed by atoms with Crippen LogP contribution in [-0.2, 0) is 9.59 Å². The lowest BCUT2D eigenvalue weighted by molar-refractivity contribution is -0.136. The van der Waals surface area contributed by atoms with Crippen LogP contribution in [0.1, 0.15) is 33.1 Å². The highest BCUT2D eigenvalue weighted by molar-refractivity contribution is 5.87. The first-order chi connectivity index (χ1) is 7.45. The Kier molecular flexibility index (Phi) is 4.29. The van der Waals surface area contributed by atoms with Crippen LogP contribution >= 0.6 is 0 Å². The summed E-state index contributed by atoms with van der Waals surface area (Å²) in [6.45, 7) is 4.08. The molecule has 1 fully saturated rings. The van der Waals surface area contributed by atoms with Gasteiger partial charge in [-0.2, -0.15) is 0 Å². The van der Waals surface area contributed by atoms with Gasteiger partial charge in [0.2, 0.25) is 11.8 Å². The Morgan fingerprint density at radius 2 is 2.31 bits per heavy atom. The normalized spacial score (nSPS) is 24.6. The maximum absolute atomic E-state index is 11.7. The Bertz CT molecular complexity index is 278. The van der Waals surface area contributed by atoms with Gasteiger partial charge in [0.15, 0.2) is 0 Å². The number of aliphatic hydroxyl groups excluding tert-OH is 1. The van der Waals surface area contributed by atoms with Gasteiger partial charge >= 0.3 is 0 Å². The number of likely N-dealkylation sites (tertiary alicyclic amines) is 1. The number of rotatable bonds is 5. The van der Waals surface area contributed by atoms with Crippen LogP contribution in [0.25, 0.3) is 0 Å². The standard InChI is InChI=1S/C11H20N2O3/c1-3-9(11(12)16)13-6-8(4-7(2)14)5-10(13)15/h7-9,14H,3-6H2,1-2H3,(H2,12,16)/t7?,8-,9?/m1/s1. The molecular weight excluding hydrogens is 208 g/mol. The minimum atomic E-state index is -0.494. The fraction of sp³-hybridized carbons (Fsp3) is 0.818. The molecule has 0 aromatic carbocycles. The maximum atomic E-state index is 11.7. The van der Waals surface area contributed by atoms with Crippen molar-refractivity contribution in [2.24, 2.45) is 11.7 Å². The van der Waals surface area contributed by atoms with Crippen LogP contribution in [0.5, 0.6) is 0 Å². The second-order valence-electron chi connectivity index (χ2n) is 4.53. The summed E-state index contributed by atoms with van der Waals surface area (Å²) in [4.78, 5) is 24.4. The third-order valence-electron chi connectivity index (χ3n) is 3.00. The molecule has 5 heteroatoms. The summed E-state index contributed by atoms with van der Waals surface area (Å²) in [5, 5.41) is 9.27. The molecule has 3 atom stereocenters. The van der Waals surface area contributed by atoms with Crippen LogP contribution in [0.4, 0.5) is 0 Å². The molecule has 1 heterocycles. The number of primary amides is 1. The lowest BCUT2D eigenvalue weighted by Gasteiger charge is -2.24. The highest BCUT2D eigenvalue weighted by atomic mass is 16.3. The SMILES string of the molecule is CCC(C(N)=O)N1C[C@H](CC(C)O)CC1=O. The summed E-state index contributed by atoms with van der Waals surface area (Å²) in [7, 11) is 0. The molecule has 1 saturated heterocycles. The second-order valence-corrected chi connectivity index (χ2v) is 4.53. The van der Waals surface area contributed by atoms with E-state index in [0.717, 1.165) is 0 Å². The van der Waals surface area contributed by atoms with Gasteiger partial charge in [-0.25, -0.2) is 0 Å². The van der Waals surface area contributed by atoms with Crippen molar-refractivity contribution >= 4 is 11.8 Å². The predicted octanol–water partition coefficient (Wildman–Crippen LogP) is -0.130. The van der Waals surface area contributed by atoms with Gasteiger partial charge in [-0.3, -0.25) is 9.59 Å². The average Bonchev–Trinajstić information content (AvgIpc) is 2.46. The molecule has 92 valence electrons. The first-order valence-electron chi connectivity index (χ1n) is 5.72. The lowest BCUT2D eigenvalue weighted by atomic mass is 10.0. The third kappa shape index (κ3) is 2.95. The molecule has 2 unspecified atom stereocenters. The van der Waals surface area contributed by atoms with Crippen LogP contribution in [0.3, 0.4) is 0 Å². The van der Waals surface area contributed by atoms with E-state index >= 15 is 0 Å². The summed E-state index contributed by atoms with van der Waals surface area (Å²) < 4.78 is 0. The third-order valence-corrected chi connectivity index (χ3v) is 3.00. The molecule has 0 aromatic heterocycles. The van der Waals surface area contributed by atoms with Crippen molar-refractivity contribution in [2.75, 3.05) is 6.54 Å². The van der Waals surface area contributed by atoms with Crippen molar-refractivity contribution in [1.29, 1.82) is 0 Å². The van der Waals surface area contributed by atoms with Crippen LogP contribution in [0, 0.1) is 5.92 Å². The van der Waals surface area contributed by atoms with Crippen LogP contribution in [0.15, 0.2) is 0 Å². The molecule has 0 spiro atoms. The van der Waals surface area contributed by atoms with E-state index in [4.69, 9.17) is 5.73 Å². The van der Waals surface area contributed by atoms with Gasteiger partial charge < -0.3 is 15.7 Å². The number of amides is 2. The van der Waals surface area contributed by atoms with E-state index in [0.29, 0.717) is 25.8 Å². The van der Waals surface area contributed by atoms with E-state index in [-0.39, 0.29) is 11.8 Å². The summed E-state index contributed by atoms with van der Waals surface area (Å²) in [6, 6.07) is -0.494. The number of hydrogen-bond acceptors (Lipinski definition) is 3. The largest absolute Gasteiger partial charge is 0.393 e. The summed E-state index contributed by atoms with van der Waals surface area (Å²) in [5.41, 5.74) is 5.25. The van der Waals surface area contributed by atoms with Gasteiger partial charge in [-0.15, -0.1) is 0 Å². The fourth-order valence-electron chi connectivity index (χ4n) is 2.33. The van der Waals surface area contributed by atoms with E-state index in [1.807, 2.05) is 6.92 Å². The Morgan fingerprint density at radius 3 is 2.75 bits per heavy atom. The smallest absolute Gasteiger partial charge is 0.240 e. The molecule has 1 aliphatic rings. The number of hydrogen-bond donors (Lipinski definition) is 2. The molecule has 16 heavy (non-hydrogen) atoms. The van der Waals surface area contributed by atoms with Crippen molar-refractivity contribution in [3.63, 3.8) is 0 Å². The minimum Gasteiger partial charge on any atom is -0.393 e. The highest BCUT2D eigenvalue weighted by Gasteiger charge is 2.36. The van der Waals surface area contributed by atoms with Gasteiger partial charge in [0.25, 0.3) is 0 Å². The molecule has 0 bridgehead atoms. The van der Waals surface area contributed by atoms with Crippen LogP contribution in [0.2, 0.25) is 0 Å². The van der Waals surface area contributed by atoms with E-state index in [1.54, 1.807) is 11.8 Å². The first-order valence-corrected chi connectivity index (χ1v) is 5.72. The maximum Gasteiger partial charge on any atom is 0.240 e. The summed E-state index contributed by atoms with van der Waals surface area (Å²) >= 11 is 0. The number of nitrogens with two attached hydrogens (primary N) is 1. The molecule has 1 aliphatic heterocycles. The van der Waals surface area contributed by atoms with Crippen LogP contribution in [-0.4, -0.2) is 40.5 Å². The molecule has 1 rings (SSSR count). The van der Waals surface area contributed by atoms with Crippen molar-refractivity contribution in [3.8, 4) is 0 Å².